The van der Waals surface area contributed by atoms with Crippen molar-refractivity contribution in [1.82, 2.24) is 14.9 Å². The summed E-state index contributed by atoms with van der Waals surface area (Å²) in [6, 6.07) is 7.75. The molecule has 8 heteroatoms. The van der Waals surface area contributed by atoms with E-state index in [4.69, 9.17) is 0 Å². The number of carbonyl (C=O) groups excluding carboxylic acids is 1. The predicted octanol–water partition coefficient (Wildman–Crippen LogP) is 4.19. The van der Waals surface area contributed by atoms with Crippen LogP contribution in [0.3, 0.4) is 0 Å². The number of nitrogens with one attached hydrogen (secondary N) is 2. The highest BCUT2D eigenvalue weighted by atomic mass is 19.3. The van der Waals surface area contributed by atoms with Gasteiger partial charge in [-0.15, -0.1) is 0 Å². The number of alkyl halides is 2. The van der Waals surface area contributed by atoms with E-state index in [0.717, 1.165) is 24.6 Å². The highest BCUT2D eigenvalue weighted by Crippen LogP contribution is 2.47. The molecular weight excluding hydrogens is 390 g/mol. The third kappa shape index (κ3) is 2.89. The summed E-state index contributed by atoms with van der Waals surface area (Å²) in [5.74, 6) is -1.36. The topological polar surface area (TPSA) is 81.2 Å². The molecule has 3 N–H and O–H groups in total. The van der Waals surface area contributed by atoms with Gasteiger partial charge >= 0.3 is 6.43 Å². The number of aromatic amines is 1. The number of amides is 1. The normalized spacial score (nSPS) is 23.6. The number of pyridine rings is 1. The fourth-order valence-electron chi connectivity index (χ4n) is 5.02. The van der Waals surface area contributed by atoms with E-state index in [2.05, 4.69) is 15.3 Å². The van der Waals surface area contributed by atoms with Gasteiger partial charge in [0.1, 0.15) is 0 Å². The first-order valence-electron chi connectivity index (χ1n) is 10.2. The molecule has 5 rings (SSSR count). The van der Waals surface area contributed by atoms with Crippen LogP contribution in [0.5, 0.6) is 5.88 Å². The van der Waals surface area contributed by atoms with Gasteiger partial charge in [0.25, 0.3) is 5.91 Å². The molecule has 0 saturated heterocycles. The number of nitrogens with zero attached hydrogens (tertiary/aromatic N) is 2. The number of hydrogen-bond acceptors (Lipinski definition) is 4. The molecule has 1 aromatic carbocycles. The van der Waals surface area contributed by atoms with Crippen molar-refractivity contribution < 1.29 is 18.7 Å². The number of halogens is 2. The Labute approximate surface area is 171 Å². The molecule has 0 spiro atoms. The molecule has 3 aromatic rings. The maximum atomic E-state index is 13.8. The van der Waals surface area contributed by atoms with Crippen LogP contribution >= 0.6 is 0 Å². The van der Waals surface area contributed by atoms with E-state index in [1.807, 2.05) is 18.2 Å². The number of carbonyl (C=O) groups is 1. The van der Waals surface area contributed by atoms with Crippen LogP contribution in [0.1, 0.15) is 42.9 Å². The lowest BCUT2D eigenvalue weighted by Gasteiger charge is -2.42. The van der Waals surface area contributed by atoms with E-state index in [1.54, 1.807) is 24.5 Å². The quantitative estimate of drug-likeness (QED) is 0.590. The number of H-pyrrole nitrogens is 1. The van der Waals surface area contributed by atoms with Crippen LogP contribution in [0.4, 0.5) is 14.5 Å². The summed E-state index contributed by atoms with van der Waals surface area (Å²) < 4.78 is 27.6. The van der Waals surface area contributed by atoms with Crippen LogP contribution in [0, 0.1) is 0 Å². The van der Waals surface area contributed by atoms with Gasteiger partial charge in [0.2, 0.25) is 0 Å². The number of rotatable bonds is 2. The van der Waals surface area contributed by atoms with E-state index in [9.17, 15) is 18.7 Å². The summed E-state index contributed by atoms with van der Waals surface area (Å²) in [6.07, 6.45) is 3.35. The summed E-state index contributed by atoms with van der Waals surface area (Å²) in [5, 5.41) is 14.9. The Kier molecular flexibility index (Phi) is 4.56. The van der Waals surface area contributed by atoms with Crippen LogP contribution in [-0.2, 0) is 4.79 Å². The maximum absolute atomic E-state index is 13.8. The summed E-state index contributed by atoms with van der Waals surface area (Å²) in [5.41, 5.74) is 2.27. The standard InChI is InChI=1S/C22H22F2N4O2/c23-20(24)22(30)28-16-9-2-1-8-14(16)27-15-11-26-21(29)17(15)19(28)13-7-3-5-12-6-4-10-25-18(12)13/h3-7,10-11,14,16,19-20,26-27,29H,1-2,8-9H2/t14-,16-,19-/m1/s1. The van der Waals surface area contributed by atoms with Crippen LogP contribution < -0.4 is 5.32 Å². The molecule has 1 aliphatic carbocycles. The maximum Gasteiger partial charge on any atom is 0.315 e. The minimum absolute atomic E-state index is 0.138. The zero-order chi connectivity index (χ0) is 20.8. The number of aromatic hydroxyl groups is 1. The number of fused-ring (bicyclic) bond motifs is 3. The molecule has 1 saturated carbocycles. The van der Waals surface area contributed by atoms with Crippen LogP contribution in [0.15, 0.2) is 42.7 Å². The van der Waals surface area contributed by atoms with Crippen molar-refractivity contribution in [2.75, 3.05) is 5.32 Å². The molecule has 30 heavy (non-hydrogen) atoms. The molecule has 0 unspecified atom stereocenters. The largest absolute Gasteiger partial charge is 0.494 e. The zero-order valence-electron chi connectivity index (χ0n) is 16.2. The summed E-state index contributed by atoms with van der Waals surface area (Å²) in [6.45, 7) is 0. The number of benzene rings is 1. The predicted molar refractivity (Wildman–Crippen MR) is 109 cm³/mol. The minimum Gasteiger partial charge on any atom is -0.494 e. The van der Waals surface area contributed by atoms with Gasteiger partial charge in [0.05, 0.1) is 28.9 Å². The van der Waals surface area contributed by atoms with Gasteiger partial charge in [-0.05, 0) is 18.9 Å². The third-order valence-corrected chi connectivity index (χ3v) is 6.28. The lowest BCUT2D eigenvalue weighted by Crippen LogP contribution is -2.52. The van der Waals surface area contributed by atoms with Gasteiger partial charge in [-0.3, -0.25) is 9.78 Å². The molecule has 1 amide bonds. The van der Waals surface area contributed by atoms with Gasteiger partial charge in [-0.1, -0.05) is 37.1 Å². The second-order valence-corrected chi connectivity index (χ2v) is 7.94. The second kappa shape index (κ2) is 7.27. The number of aromatic nitrogens is 2. The highest BCUT2D eigenvalue weighted by molar-refractivity contribution is 5.86. The number of para-hydroxylation sites is 1. The Bertz CT molecular complexity index is 1090. The molecule has 2 aromatic heterocycles. The smallest absolute Gasteiger partial charge is 0.315 e. The van der Waals surface area contributed by atoms with Gasteiger partial charge in [0, 0.05) is 29.4 Å². The average molecular weight is 412 g/mol. The average Bonchev–Trinajstić information content (AvgIpc) is 3.04. The summed E-state index contributed by atoms with van der Waals surface area (Å²) in [4.78, 5) is 21.5. The van der Waals surface area contributed by atoms with Crippen molar-refractivity contribution in [3.05, 3.63) is 53.9 Å². The molecule has 156 valence electrons. The van der Waals surface area contributed by atoms with Crippen LogP contribution in [0.2, 0.25) is 0 Å². The number of anilines is 1. The van der Waals surface area contributed by atoms with E-state index in [0.29, 0.717) is 28.8 Å². The van der Waals surface area contributed by atoms with E-state index >= 15 is 0 Å². The van der Waals surface area contributed by atoms with Crippen molar-refractivity contribution in [3.63, 3.8) is 0 Å². The lowest BCUT2D eigenvalue weighted by molar-refractivity contribution is -0.148. The molecule has 3 heterocycles. The van der Waals surface area contributed by atoms with Gasteiger partial charge in [-0.2, -0.15) is 8.78 Å². The van der Waals surface area contributed by atoms with Gasteiger partial charge in [-0.25, -0.2) is 0 Å². The Morgan fingerprint density at radius 3 is 2.83 bits per heavy atom. The summed E-state index contributed by atoms with van der Waals surface area (Å²) in [7, 11) is 0. The van der Waals surface area contributed by atoms with Crippen molar-refractivity contribution >= 4 is 22.5 Å². The molecule has 6 nitrogen and oxygen atoms in total. The molecule has 3 atom stereocenters. The number of hydrogen-bond donors (Lipinski definition) is 3. The fraction of sp³-hybridized carbons (Fsp3) is 0.364. The first-order valence-corrected chi connectivity index (χ1v) is 10.2. The van der Waals surface area contributed by atoms with Gasteiger partial charge < -0.3 is 20.3 Å². The van der Waals surface area contributed by atoms with E-state index in [-0.39, 0.29) is 11.9 Å². The molecule has 2 aliphatic rings. The van der Waals surface area contributed by atoms with Crippen LogP contribution in [-0.4, -0.2) is 44.4 Å². The Balaban J connectivity index is 1.79. The first kappa shape index (κ1) is 18.8. The van der Waals surface area contributed by atoms with Crippen molar-refractivity contribution in [2.45, 2.75) is 50.2 Å². The molecule has 0 radical (unpaired) electrons. The zero-order valence-corrected chi connectivity index (χ0v) is 16.2. The van der Waals surface area contributed by atoms with E-state index in [1.165, 1.54) is 4.90 Å². The monoisotopic (exact) mass is 412 g/mol. The molecule has 1 fully saturated rings. The van der Waals surface area contributed by atoms with Crippen molar-refractivity contribution in [2.24, 2.45) is 0 Å². The van der Waals surface area contributed by atoms with E-state index < -0.39 is 24.4 Å². The Morgan fingerprint density at radius 1 is 1.20 bits per heavy atom. The second-order valence-electron chi connectivity index (χ2n) is 7.94. The Morgan fingerprint density at radius 2 is 2.00 bits per heavy atom. The van der Waals surface area contributed by atoms with Crippen molar-refractivity contribution in [1.29, 1.82) is 0 Å². The molecular formula is C22H22F2N4O2. The first-order chi connectivity index (χ1) is 14.6. The van der Waals surface area contributed by atoms with Gasteiger partial charge in [0.15, 0.2) is 5.88 Å². The SMILES string of the molecule is O=C(C(F)F)N1[C@H](c2cccc3cccnc23)c2c(c[nH]c2O)N[C@@H]2CCCC[C@H]21. The summed E-state index contributed by atoms with van der Waals surface area (Å²) >= 11 is 0. The highest BCUT2D eigenvalue weighted by Gasteiger charge is 2.46. The Hall–Kier alpha value is -3.16. The van der Waals surface area contributed by atoms with Crippen LogP contribution in [0.25, 0.3) is 10.9 Å². The molecule has 1 aliphatic heterocycles. The minimum atomic E-state index is -3.14. The lowest BCUT2D eigenvalue weighted by atomic mass is 9.87. The van der Waals surface area contributed by atoms with Crippen molar-refractivity contribution in [3.8, 4) is 5.88 Å². The molecule has 0 bridgehead atoms. The third-order valence-electron chi connectivity index (χ3n) is 6.28. The fourth-order valence-corrected chi connectivity index (χ4v) is 5.02.